The first kappa shape index (κ1) is 42.2. The molecule has 0 amide bonds. The van der Waals surface area contributed by atoms with Crippen LogP contribution in [0.15, 0.2) is 106 Å². The Morgan fingerprint density at radius 2 is 0.911 bits per heavy atom. The zero-order valence-electron chi connectivity index (χ0n) is 34.3. The van der Waals surface area contributed by atoms with Gasteiger partial charge in [-0.15, -0.1) is 24.8 Å². The number of hydrogen-bond donors (Lipinski definition) is 0. The summed E-state index contributed by atoms with van der Waals surface area (Å²) in [6, 6.07) is 36.2. The SMILES string of the molecule is Cc1ccc(C2=Cc3c(cc(C(C)C)c(C)c3-c3ccccc3)[CH]2[Zr]([CH]2C(c3ccc(C)o3)=Cc3c2cc(C(C)C)c(C)c3-c2ccccc2)=[Si](C)C)o1.Cl.Cl. The number of halogens is 2. The van der Waals surface area contributed by atoms with E-state index in [-0.39, 0.29) is 24.8 Å². The summed E-state index contributed by atoms with van der Waals surface area (Å²) in [7, 11) is 0. The Bertz CT molecular complexity index is 2340. The average Bonchev–Trinajstić information content (AvgIpc) is 3.94. The van der Waals surface area contributed by atoms with Crippen molar-refractivity contribution in [3.8, 4) is 22.3 Å². The number of aryl methyl sites for hydroxylation is 2. The van der Waals surface area contributed by atoms with E-state index in [0.29, 0.717) is 19.1 Å². The molecule has 2 heterocycles. The fourth-order valence-electron chi connectivity index (χ4n) is 9.46. The van der Waals surface area contributed by atoms with E-state index in [1.165, 1.54) is 77.9 Å². The Morgan fingerprint density at radius 1 is 0.536 bits per heavy atom. The van der Waals surface area contributed by atoms with Crippen molar-refractivity contribution in [3.05, 3.63) is 165 Å². The minimum Gasteiger partial charge on any atom is -0.147 e. The van der Waals surface area contributed by atoms with Crippen molar-refractivity contribution in [2.24, 2.45) is 0 Å². The van der Waals surface area contributed by atoms with Gasteiger partial charge < -0.3 is 0 Å². The fourth-order valence-corrected chi connectivity index (χ4v) is 29.2. The Kier molecular flexibility index (Phi) is 12.7. The van der Waals surface area contributed by atoms with Crippen LogP contribution >= 0.6 is 24.8 Å². The monoisotopic (exact) mass is 874 g/mol. The molecule has 0 fully saturated rings. The second kappa shape index (κ2) is 16.8. The second-order valence-electron chi connectivity index (χ2n) is 16.3. The zero-order chi connectivity index (χ0) is 38.0. The van der Waals surface area contributed by atoms with Crippen molar-refractivity contribution in [3.63, 3.8) is 0 Å². The molecular formula is C50H54Cl2O2SiZr. The van der Waals surface area contributed by atoms with Crippen LogP contribution in [0.3, 0.4) is 0 Å². The van der Waals surface area contributed by atoms with E-state index in [1.807, 2.05) is 0 Å². The smallest absolute Gasteiger partial charge is 0.147 e. The van der Waals surface area contributed by atoms with Crippen LogP contribution in [-0.4, -0.2) is 5.43 Å². The van der Waals surface area contributed by atoms with E-state index in [0.717, 1.165) is 23.0 Å². The Labute approximate surface area is 354 Å². The first-order valence-corrected chi connectivity index (χ1v) is 28.7. The van der Waals surface area contributed by atoms with Gasteiger partial charge >= 0.3 is 332 Å². The molecule has 2 atom stereocenters. The van der Waals surface area contributed by atoms with Crippen LogP contribution in [0.4, 0.5) is 0 Å². The number of furan rings is 2. The van der Waals surface area contributed by atoms with Crippen molar-refractivity contribution >= 4 is 53.5 Å². The number of allylic oxidation sites excluding steroid dienone is 2. The number of benzene rings is 4. The van der Waals surface area contributed by atoms with Crippen molar-refractivity contribution in [2.75, 3.05) is 0 Å². The molecule has 6 heteroatoms. The van der Waals surface area contributed by atoms with Gasteiger partial charge in [0, 0.05) is 0 Å². The first-order chi connectivity index (χ1) is 25.9. The molecule has 2 aliphatic rings. The molecule has 288 valence electrons. The van der Waals surface area contributed by atoms with Crippen LogP contribution in [0.5, 0.6) is 0 Å². The maximum atomic E-state index is 6.64. The van der Waals surface area contributed by atoms with Crippen molar-refractivity contribution in [2.45, 2.75) is 87.6 Å². The van der Waals surface area contributed by atoms with Crippen LogP contribution in [0.1, 0.15) is 114 Å². The number of fused-ring (bicyclic) bond motifs is 2. The van der Waals surface area contributed by atoms with E-state index in [4.69, 9.17) is 8.83 Å². The van der Waals surface area contributed by atoms with E-state index in [1.54, 1.807) is 0 Å². The quantitative estimate of drug-likeness (QED) is 0.142. The number of rotatable bonds is 8. The summed E-state index contributed by atoms with van der Waals surface area (Å²) in [5.41, 5.74) is 18.9. The second-order valence-corrected chi connectivity index (χ2v) is 34.2. The molecule has 0 aliphatic heterocycles. The van der Waals surface area contributed by atoms with Gasteiger partial charge in [0.15, 0.2) is 0 Å². The average molecular weight is 877 g/mol. The summed E-state index contributed by atoms with van der Waals surface area (Å²) in [6.45, 7) is 23.5. The molecular weight excluding hydrogens is 823 g/mol. The van der Waals surface area contributed by atoms with Gasteiger partial charge in [0.1, 0.15) is 0 Å². The maximum absolute atomic E-state index is 6.64. The van der Waals surface area contributed by atoms with E-state index in [2.05, 4.69) is 178 Å². The van der Waals surface area contributed by atoms with Crippen molar-refractivity contribution in [1.29, 1.82) is 0 Å². The van der Waals surface area contributed by atoms with Gasteiger partial charge in [0.2, 0.25) is 0 Å². The largest absolute Gasteiger partial charge is 0.147 e. The summed E-state index contributed by atoms with van der Waals surface area (Å²) in [6.07, 6.45) is 5.09. The Morgan fingerprint density at radius 3 is 1.21 bits per heavy atom. The van der Waals surface area contributed by atoms with Gasteiger partial charge in [-0.25, -0.2) is 0 Å². The predicted octanol–water partition coefficient (Wildman–Crippen LogP) is 15.3. The molecule has 0 bridgehead atoms. The molecule has 4 aromatic carbocycles. The van der Waals surface area contributed by atoms with Crippen LogP contribution in [-0.2, 0) is 20.4 Å². The van der Waals surface area contributed by atoms with Crippen molar-refractivity contribution in [1.82, 2.24) is 0 Å². The molecule has 8 rings (SSSR count). The molecule has 2 aliphatic carbocycles. The first-order valence-electron chi connectivity index (χ1n) is 19.6. The molecule has 2 aromatic heterocycles. The third kappa shape index (κ3) is 7.30. The van der Waals surface area contributed by atoms with E-state index >= 15 is 0 Å². The molecule has 0 saturated carbocycles. The summed E-state index contributed by atoms with van der Waals surface area (Å²) in [5, 5.41) is 0. The van der Waals surface area contributed by atoms with Crippen LogP contribution in [0.25, 0.3) is 45.6 Å². The molecule has 0 N–H and O–H groups in total. The Balaban J connectivity index is 0.00000266. The summed E-state index contributed by atoms with van der Waals surface area (Å²) in [5.74, 6) is 4.82. The maximum Gasteiger partial charge on any atom is -0.147 e. The van der Waals surface area contributed by atoms with Gasteiger partial charge in [0.05, 0.1) is 0 Å². The molecule has 2 unspecified atom stereocenters. The molecule has 0 radical (unpaired) electrons. The van der Waals surface area contributed by atoms with Crippen LogP contribution in [0, 0.1) is 27.7 Å². The van der Waals surface area contributed by atoms with Gasteiger partial charge in [-0.2, -0.15) is 0 Å². The van der Waals surface area contributed by atoms with E-state index in [9.17, 15) is 0 Å². The standard InChI is InChI=1S/2C24H23O.C2H6Si.2ClH.Zr/c2*1-15(2)21-13-19-12-20(23-11-10-16(3)25-23)14-22(19)24(17(21)4)18-8-6-5-7-9-18;1-3-2;;;/h2*5-15H,1-4H3;1-2H3;2*1H;. The normalized spacial score (nSPS) is 15.6. The third-order valence-corrected chi connectivity index (χ3v) is 31.1. The zero-order valence-corrected chi connectivity index (χ0v) is 39.4. The van der Waals surface area contributed by atoms with Gasteiger partial charge in [-0.05, 0) is 0 Å². The summed E-state index contributed by atoms with van der Waals surface area (Å²) >= 11 is -2.73. The molecule has 0 spiro atoms. The molecule has 6 aromatic rings. The molecule has 2 nitrogen and oxygen atoms in total. The van der Waals surface area contributed by atoms with Crippen LogP contribution < -0.4 is 0 Å². The summed E-state index contributed by atoms with van der Waals surface area (Å²) < 4.78 is 13.9. The predicted molar refractivity (Wildman–Crippen MR) is 241 cm³/mol. The Hall–Kier alpha value is -3.40. The third-order valence-electron chi connectivity index (χ3n) is 11.9. The molecule has 0 saturated heterocycles. The topological polar surface area (TPSA) is 26.3 Å². The minimum absolute atomic E-state index is 0. The van der Waals surface area contributed by atoms with Crippen molar-refractivity contribution < 1.29 is 29.2 Å². The van der Waals surface area contributed by atoms with Gasteiger partial charge in [-0.3, -0.25) is 0 Å². The summed E-state index contributed by atoms with van der Waals surface area (Å²) in [4.78, 5) is 0. The molecule has 56 heavy (non-hydrogen) atoms. The van der Waals surface area contributed by atoms with Gasteiger partial charge in [0.25, 0.3) is 0 Å². The fraction of sp³-hybridized carbons (Fsp3) is 0.280. The van der Waals surface area contributed by atoms with Crippen LogP contribution in [0.2, 0.25) is 13.1 Å². The number of hydrogen-bond acceptors (Lipinski definition) is 2. The minimum atomic E-state index is -2.73. The van der Waals surface area contributed by atoms with E-state index < -0.39 is 25.8 Å². The van der Waals surface area contributed by atoms with Gasteiger partial charge in [-0.1, -0.05) is 0 Å².